The maximum absolute atomic E-state index is 4.35. The Balaban J connectivity index is 0.000000653. The van der Waals surface area contributed by atoms with E-state index in [-0.39, 0.29) is 32.7 Å². The zero-order chi connectivity index (χ0) is 7.97. The van der Waals surface area contributed by atoms with E-state index < -0.39 is 0 Å². The van der Waals surface area contributed by atoms with Crippen LogP contribution in [-0.4, -0.2) is 9.78 Å². The van der Waals surface area contributed by atoms with Crippen LogP contribution in [0.2, 0.25) is 0 Å². The summed E-state index contributed by atoms with van der Waals surface area (Å²) in [5.41, 5.74) is 1.25. The SMILES string of the molecule is [Y].[c-]1ccc2c(c1)cnn2C1CC1. The molecule has 0 amide bonds. The summed E-state index contributed by atoms with van der Waals surface area (Å²) in [4.78, 5) is 0. The summed E-state index contributed by atoms with van der Waals surface area (Å²) >= 11 is 0. The molecule has 1 saturated carbocycles. The molecule has 1 aromatic heterocycles. The van der Waals surface area contributed by atoms with E-state index in [4.69, 9.17) is 0 Å². The van der Waals surface area contributed by atoms with Crippen LogP contribution in [0.1, 0.15) is 18.9 Å². The molecule has 13 heavy (non-hydrogen) atoms. The van der Waals surface area contributed by atoms with E-state index in [1.54, 1.807) is 0 Å². The van der Waals surface area contributed by atoms with Crippen molar-refractivity contribution in [3.05, 3.63) is 30.5 Å². The van der Waals surface area contributed by atoms with Crippen LogP contribution in [0.3, 0.4) is 0 Å². The Bertz CT molecular complexity index is 418. The second-order valence-electron chi connectivity index (χ2n) is 3.31. The molecule has 3 heteroatoms. The molecule has 1 fully saturated rings. The number of nitrogens with zero attached hydrogens (tertiary/aromatic N) is 2. The Morgan fingerprint density at radius 2 is 2.31 bits per heavy atom. The second-order valence-corrected chi connectivity index (χ2v) is 3.31. The first-order chi connectivity index (χ1) is 5.95. The maximum atomic E-state index is 4.35. The van der Waals surface area contributed by atoms with Crippen LogP contribution in [-0.2, 0) is 32.7 Å². The summed E-state index contributed by atoms with van der Waals surface area (Å²) in [6, 6.07) is 9.74. The predicted octanol–water partition coefficient (Wildman–Crippen LogP) is 2.17. The minimum absolute atomic E-state index is 0. The van der Waals surface area contributed by atoms with Crippen molar-refractivity contribution in [2.75, 3.05) is 0 Å². The fourth-order valence-electron chi connectivity index (χ4n) is 1.54. The van der Waals surface area contributed by atoms with E-state index in [1.165, 1.54) is 23.7 Å². The van der Waals surface area contributed by atoms with Gasteiger partial charge in [-0.3, -0.25) is 4.68 Å². The molecular weight excluding hydrogens is 237 g/mol. The van der Waals surface area contributed by atoms with Crippen molar-refractivity contribution >= 4 is 10.9 Å². The van der Waals surface area contributed by atoms with E-state index in [2.05, 4.69) is 21.9 Å². The summed E-state index contributed by atoms with van der Waals surface area (Å²) in [6.07, 6.45) is 4.49. The van der Waals surface area contributed by atoms with Gasteiger partial charge in [-0.05, 0) is 18.4 Å². The topological polar surface area (TPSA) is 17.8 Å². The normalized spacial score (nSPS) is 15.7. The summed E-state index contributed by atoms with van der Waals surface area (Å²) in [7, 11) is 0. The van der Waals surface area contributed by atoms with Crippen molar-refractivity contribution in [1.29, 1.82) is 0 Å². The zero-order valence-corrected chi connectivity index (χ0v) is 10.1. The van der Waals surface area contributed by atoms with Crippen molar-refractivity contribution in [1.82, 2.24) is 9.78 Å². The van der Waals surface area contributed by atoms with Gasteiger partial charge in [0.15, 0.2) is 0 Å². The molecular formula is C10H9N2Y-. The van der Waals surface area contributed by atoms with Gasteiger partial charge < -0.3 is 0 Å². The first kappa shape index (κ1) is 9.35. The Kier molecular flexibility index (Phi) is 2.52. The molecule has 0 bridgehead atoms. The summed E-state index contributed by atoms with van der Waals surface area (Å²) in [6.45, 7) is 0. The Hall–Kier alpha value is -0.206. The number of rotatable bonds is 1. The Morgan fingerprint density at radius 3 is 3.08 bits per heavy atom. The first-order valence-electron chi connectivity index (χ1n) is 4.28. The molecule has 2 nitrogen and oxygen atoms in total. The summed E-state index contributed by atoms with van der Waals surface area (Å²) in [5.74, 6) is 0. The number of aromatic nitrogens is 2. The molecule has 0 aliphatic heterocycles. The fourth-order valence-corrected chi connectivity index (χ4v) is 1.54. The van der Waals surface area contributed by atoms with Gasteiger partial charge in [-0.25, -0.2) is 0 Å². The average molecular weight is 246 g/mol. The van der Waals surface area contributed by atoms with Gasteiger partial charge in [-0.2, -0.15) is 23.3 Å². The largest absolute Gasteiger partial charge is 0.287 e. The first-order valence-corrected chi connectivity index (χ1v) is 4.28. The Morgan fingerprint density at radius 1 is 1.46 bits per heavy atom. The molecule has 0 atom stereocenters. The van der Waals surface area contributed by atoms with Crippen LogP contribution in [0.15, 0.2) is 24.4 Å². The van der Waals surface area contributed by atoms with E-state index in [1.807, 2.05) is 18.3 Å². The number of fused-ring (bicyclic) bond motifs is 1. The number of hydrogen-bond acceptors (Lipinski definition) is 1. The smallest absolute Gasteiger partial charge is 0.0503 e. The van der Waals surface area contributed by atoms with E-state index in [0.29, 0.717) is 6.04 Å². The fraction of sp³-hybridized carbons (Fsp3) is 0.300. The van der Waals surface area contributed by atoms with Gasteiger partial charge in [0.25, 0.3) is 0 Å². The molecule has 3 rings (SSSR count). The number of hydrogen-bond donors (Lipinski definition) is 0. The van der Waals surface area contributed by atoms with Crippen LogP contribution < -0.4 is 0 Å². The second kappa shape index (κ2) is 3.51. The third kappa shape index (κ3) is 1.58. The third-order valence-corrected chi connectivity index (χ3v) is 2.33. The Labute approximate surface area is 102 Å². The minimum atomic E-state index is 0. The summed E-state index contributed by atoms with van der Waals surface area (Å²) < 4.78 is 2.13. The van der Waals surface area contributed by atoms with Gasteiger partial charge in [-0.1, -0.05) is 5.39 Å². The van der Waals surface area contributed by atoms with Crippen LogP contribution in [0.25, 0.3) is 10.9 Å². The third-order valence-electron chi connectivity index (χ3n) is 2.33. The van der Waals surface area contributed by atoms with Gasteiger partial charge in [-0.15, -0.1) is 6.07 Å². The molecule has 63 valence electrons. The van der Waals surface area contributed by atoms with Gasteiger partial charge >= 0.3 is 0 Å². The molecule has 1 aliphatic carbocycles. The van der Waals surface area contributed by atoms with Crippen molar-refractivity contribution in [3.63, 3.8) is 0 Å². The van der Waals surface area contributed by atoms with Gasteiger partial charge in [0.2, 0.25) is 0 Å². The zero-order valence-electron chi connectivity index (χ0n) is 7.27. The van der Waals surface area contributed by atoms with Crippen LogP contribution in [0.4, 0.5) is 0 Å². The molecule has 1 aliphatic rings. The van der Waals surface area contributed by atoms with Crippen molar-refractivity contribution in [3.8, 4) is 0 Å². The van der Waals surface area contributed by atoms with E-state index in [0.717, 1.165) is 0 Å². The van der Waals surface area contributed by atoms with E-state index in [9.17, 15) is 0 Å². The molecule has 1 aromatic carbocycles. The van der Waals surface area contributed by atoms with Crippen LogP contribution >= 0.6 is 0 Å². The quantitative estimate of drug-likeness (QED) is 0.705. The van der Waals surface area contributed by atoms with Crippen LogP contribution in [0, 0.1) is 6.07 Å². The molecule has 0 saturated heterocycles. The number of benzene rings is 1. The van der Waals surface area contributed by atoms with E-state index >= 15 is 0 Å². The van der Waals surface area contributed by atoms with Crippen molar-refractivity contribution in [2.24, 2.45) is 0 Å². The molecule has 0 unspecified atom stereocenters. The molecule has 0 N–H and O–H groups in total. The molecule has 2 aromatic rings. The summed E-state index contributed by atoms with van der Waals surface area (Å²) in [5, 5.41) is 5.55. The van der Waals surface area contributed by atoms with Gasteiger partial charge in [0.05, 0.1) is 6.04 Å². The van der Waals surface area contributed by atoms with Gasteiger partial charge in [0, 0.05) is 38.9 Å². The standard InChI is InChI=1S/C10H9N2.Y/c1-2-4-10-8(3-1)7-11-12(10)9-5-6-9;/h2-4,7,9H,5-6H2;/q-1;. The van der Waals surface area contributed by atoms with Crippen LogP contribution in [0.5, 0.6) is 0 Å². The van der Waals surface area contributed by atoms with Crippen molar-refractivity contribution < 1.29 is 32.7 Å². The monoisotopic (exact) mass is 246 g/mol. The minimum Gasteiger partial charge on any atom is -0.287 e. The predicted molar refractivity (Wildman–Crippen MR) is 46.8 cm³/mol. The molecule has 1 heterocycles. The van der Waals surface area contributed by atoms with Crippen molar-refractivity contribution in [2.45, 2.75) is 18.9 Å². The average Bonchev–Trinajstić information content (AvgIpc) is 2.86. The molecule has 0 spiro atoms. The van der Waals surface area contributed by atoms with Gasteiger partial charge in [0.1, 0.15) is 0 Å². The molecule has 1 radical (unpaired) electrons. The maximum Gasteiger partial charge on any atom is 0.0503 e.